The molecule has 28 heavy (non-hydrogen) atoms. The number of carbonyl (C=O) groups is 1. The molecule has 5 heteroatoms. The second-order valence-corrected chi connectivity index (χ2v) is 12.9. The number of benzene rings is 2. The van der Waals surface area contributed by atoms with E-state index in [4.69, 9.17) is 9.16 Å². The summed E-state index contributed by atoms with van der Waals surface area (Å²) < 4.78 is 12.1. The highest BCUT2D eigenvalue weighted by atomic mass is 28.4. The van der Waals surface area contributed by atoms with Crippen molar-refractivity contribution in [2.24, 2.45) is 0 Å². The summed E-state index contributed by atoms with van der Waals surface area (Å²) >= 11 is 0. The summed E-state index contributed by atoms with van der Waals surface area (Å²) in [6.07, 6.45) is 0.647. The van der Waals surface area contributed by atoms with Crippen LogP contribution < -0.4 is 10.4 Å². The molecule has 1 heterocycles. The molecule has 150 valence electrons. The van der Waals surface area contributed by atoms with E-state index in [0.717, 1.165) is 6.54 Å². The summed E-state index contributed by atoms with van der Waals surface area (Å²) in [6.45, 7) is 7.55. The number of carbonyl (C=O) groups excluding carboxylic acids is 1. The van der Waals surface area contributed by atoms with Crippen molar-refractivity contribution in [1.29, 1.82) is 0 Å². The molecule has 0 N–H and O–H groups in total. The quantitative estimate of drug-likeness (QED) is 0.574. The lowest BCUT2D eigenvalue weighted by Gasteiger charge is -2.44. The van der Waals surface area contributed by atoms with Gasteiger partial charge in [-0.15, -0.1) is 0 Å². The number of likely N-dealkylation sites (N-methyl/N-ethyl adjacent to an activating group) is 1. The molecule has 2 atom stereocenters. The van der Waals surface area contributed by atoms with Gasteiger partial charge < -0.3 is 9.16 Å². The topological polar surface area (TPSA) is 38.8 Å². The Labute approximate surface area is 169 Å². The molecule has 1 fully saturated rings. The molecule has 2 aromatic rings. The van der Waals surface area contributed by atoms with Gasteiger partial charge in [0.05, 0.1) is 13.2 Å². The fourth-order valence-corrected chi connectivity index (χ4v) is 9.08. The van der Waals surface area contributed by atoms with Crippen LogP contribution in [0.3, 0.4) is 0 Å². The standard InChI is InChI=1S/C23H31NO3Si/c1-23(2,3)28(19-12-8-6-9-13-19,20-14-10-7-11-15-20)27-18-16-21(22(25)26-5)24(4)17-18/h6-15,18,21H,16-17H2,1-5H3. The molecule has 0 radical (unpaired) electrons. The van der Waals surface area contributed by atoms with Gasteiger partial charge in [-0.1, -0.05) is 81.4 Å². The summed E-state index contributed by atoms with van der Waals surface area (Å²) in [4.78, 5) is 14.2. The second-order valence-electron chi connectivity index (χ2n) is 8.62. The first-order valence-electron chi connectivity index (χ1n) is 9.86. The van der Waals surface area contributed by atoms with Gasteiger partial charge in [-0.05, 0) is 28.9 Å². The van der Waals surface area contributed by atoms with Crippen molar-refractivity contribution in [1.82, 2.24) is 4.90 Å². The van der Waals surface area contributed by atoms with Gasteiger partial charge in [-0.2, -0.15) is 0 Å². The lowest BCUT2D eigenvalue weighted by Crippen LogP contribution is -2.67. The fraction of sp³-hybridized carbons (Fsp3) is 0.435. The second kappa shape index (κ2) is 8.19. The van der Waals surface area contributed by atoms with Crippen LogP contribution in [0.25, 0.3) is 0 Å². The van der Waals surface area contributed by atoms with Crippen molar-refractivity contribution in [2.75, 3.05) is 20.7 Å². The monoisotopic (exact) mass is 397 g/mol. The number of likely N-dealkylation sites (tertiary alicyclic amines) is 1. The molecule has 0 amide bonds. The Morgan fingerprint density at radius 2 is 1.50 bits per heavy atom. The van der Waals surface area contributed by atoms with Gasteiger partial charge in [-0.3, -0.25) is 9.69 Å². The molecular weight excluding hydrogens is 366 g/mol. The number of esters is 1. The van der Waals surface area contributed by atoms with Gasteiger partial charge in [-0.25, -0.2) is 0 Å². The highest BCUT2D eigenvalue weighted by Gasteiger charge is 2.52. The van der Waals surface area contributed by atoms with E-state index in [0.29, 0.717) is 6.42 Å². The number of methoxy groups -OCH3 is 1. The summed E-state index contributed by atoms with van der Waals surface area (Å²) in [5.74, 6) is -0.184. The van der Waals surface area contributed by atoms with Crippen molar-refractivity contribution in [3.05, 3.63) is 60.7 Å². The molecule has 1 aliphatic rings. The zero-order valence-electron chi connectivity index (χ0n) is 17.5. The van der Waals surface area contributed by atoms with E-state index < -0.39 is 8.32 Å². The number of hydrogen-bond acceptors (Lipinski definition) is 4. The van der Waals surface area contributed by atoms with Crippen LogP contribution in [-0.4, -0.2) is 52.0 Å². The maximum atomic E-state index is 12.2. The van der Waals surface area contributed by atoms with Crippen molar-refractivity contribution < 1.29 is 14.0 Å². The van der Waals surface area contributed by atoms with Crippen molar-refractivity contribution >= 4 is 24.7 Å². The molecule has 1 saturated heterocycles. The summed E-state index contributed by atoms with van der Waals surface area (Å²) in [6, 6.07) is 21.0. The molecule has 3 rings (SSSR count). The minimum atomic E-state index is -2.60. The molecule has 0 bridgehead atoms. The van der Waals surface area contributed by atoms with E-state index in [-0.39, 0.29) is 23.2 Å². The first-order chi connectivity index (χ1) is 13.3. The summed E-state index contributed by atoms with van der Waals surface area (Å²) in [7, 11) is 0.822. The third-order valence-corrected chi connectivity index (χ3v) is 10.8. The van der Waals surface area contributed by atoms with E-state index in [2.05, 4.69) is 69.3 Å². The first kappa shape index (κ1) is 20.8. The third-order valence-electron chi connectivity index (χ3n) is 5.74. The number of nitrogens with zero attached hydrogens (tertiary/aromatic N) is 1. The molecule has 0 spiro atoms. The fourth-order valence-electron chi connectivity index (χ4n) is 4.39. The minimum Gasteiger partial charge on any atom is -0.468 e. The lowest BCUT2D eigenvalue weighted by molar-refractivity contribution is -0.145. The minimum absolute atomic E-state index is 0.0135. The highest BCUT2D eigenvalue weighted by molar-refractivity contribution is 6.99. The van der Waals surface area contributed by atoms with Gasteiger partial charge in [0.2, 0.25) is 0 Å². The molecule has 0 saturated carbocycles. The molecular formula is C23H31NO3Si. The van der Waals surface area contributed by atoms with Crippen LogP contribution in [-0.2, 0) is 14.0 Å². The van der Waals surface area contributed by atoms with Gasteiger partial charge >= 0.3 is 5.97 Å². The van der Waals surface area contributed by atoms with Crippen LogP contribution in [0.15, 0.2) is 60.7 Å². The Bertz CT molecular complexity index is 749. The predicted molar refractivity (Wildman–Crippen MR) is 116 cm³/mol. The smallest absolute Gasteiger partial charge is 0.323 e. The Kier molecular flexibility index (Phi) is 6.08. The Hall–Kier alpha value is -1.95. The average Bonchev–Trinajstić information content (AvgIpc) is 3.06. The van der Waals surface area contributed by atoms with Crippen molar-refractivity contribution in [2.45, 2.75) is 44.4 Å². The lowest BCUT2D eigenvalue weighted by atomic mass is 10.2. The average molecular weight is 398 g/mol. The molecule has 1 aliphatic heterocycles. The summed E-state index contributed by atoms with van der Waals surface area (Å²) in [5, 5.41) is 2.45. The van der Waals surface area contributed by atoms with Crippen molar-refractivity contribution in [3.63, 3.8) is 0 Å². The Morgan fingerprint density at radius 3 is 1.93 bits per heavy atom. The van der Waals surface area contributed by atoms with Gasteiger partial charge in [0, 0.05) is 6.54 Å². The van der Waals surface area contributed by atoms with Gasteiger partial charge in [0.1, 0.15) is 6.04 Å². The van der Waals surface area contributed by atoms with Crippen LogP contribution in [0, 0.1) is 0 Å². The van der Waals surface area contributed by atoms with E-state index >= 15 is 0 Å². The zero-order chi connectivity index (χ0) is 20.4. The van der Waals surface area contributed by atoms with E-state index in [9.17, 15) is 4.79 Å². The highest BCUT2D eigenvalue weighted by Crippen LogP contribution is 2.39. The van der Waals surface area contributed by atoms with Gasteiger partial charge in [0.25, 0.3) is 8.32 Å². The number of rotatable bonds is 5. The van der Waals surface area contributed by atoms with E-state index in [1.807, 2.05) is 24.1 Å². The molecule has 4 nitrogen and oxygen atoms in total. The van der Waals surface area contributed by atoms with Crippen LogP contribution in [0.2, 0.25) is 5.04 Å². The number of hydrogen-bond donors (Lipinski definition) is 0. The van der Waals surface area contributed by atoms with Crippen LogP contribution >= 0.6 is 0 Å². The van der Waals surface area contributed by atoms with Gasteiger partial charge in [0.15, 0.2) is 0 Å². The van der Waals surface area contributed by atoms with Crippen LogP contribution in [0.5, 0.6) is 0 Å². The molecule has 2 aromatic carbocycles. The number of ether oxygens (including phenoxy) is 1. The molecule has 0 aromatic heterocycles. The Morgan fingerprint density at radius 1 is 1.00 bits per heavy atom. The maximum absolute atomic E-state index is 12.2. The first-order valence-corrected chi connectivity index (χ1v) is 11.8. The molecule has 2 unspecified atom stereocenters. The molecule has 0 aliphatic carbocycles. The normalized spacial score (nSPS) is 20.9. The maximum Gasteiger partial charge on any atom is 0.323 e. The van der Waals surface area contributed by atoms with Crippen molar-refractivity contribution in [3.8, 4) is 0 Å². The zero-order valence-corrected chi connectivity index (χ0v) is 18.5. The third kappa shape index (κ3) is 3.79. The largest absolute Gasteiger partial charge is 0.468 e. The van der Waals surface area contributed by atoms with E-state index in [1.165, 1.54) is 17.5 Å². The summed E-state index contributed by atoms with van der Waals surface area (Å²) in [5.41, 5.74) is 0. The Balaban J connectivity index is 2.06. The van der Waals surface area contributed by atoms with Crippen LogP contribution in [0.4, 0.5) is 0 Å². The van der Waals surface area contributed by atoms with Crippen LogP contribution in [0.1, 0.15) is 27.2 Å². The predicted octanol–water partition coefficient (Wildman–Crippen LogP) is 2.81. The SMILES string of the molecule is COC(=O)C1CC(O[Si](c2ccccc2)(c2ccccc2)C(C)(C)C)CN1C. The van der Waals surface area contributed by atoms with E-state index in [1.54, 1.807) is 0 Å².